The predicted octanol–water partition coefficient (Wildman–Crippen LogP) is 0.176. The molecular weight excluding hydrogens is 345 g/mol. The van der Waals surface area contributed by atoms with Crippen molar-refractivity contribution in [3.05, 3.63) is 70.2 Å². The van der Waals surface area contributed by atoms with Crippen molar-refractivity contribution in [3.8, 4) is 0 Å². The summed E-state index contributed by atoms with van der Waals surface area (Å²) in [7, 11) is 1.72. The largest absolute Gasteiger partial charge is 1.00 e. The molecule has 0 aliphatic rings. The molecule has 2 N–H and O–H groups in total. The van der Waals surface area contributed by atoms with Crippen molar-refractivity contribution >= 4 is 17.4 Å². The van der Waals surface area contributed by atoms with Crippen molar-refractivity contribution in [1.29, 1.82) is 0 Å². The normalized spacial score (nSPS) is 11.6. The standard InChI is InChI=1S/C19H22ClNO2.ClH/c1-14-12-16(8-9-17(14)20)18(22)10-11-21-13-19(23-2)15-6-4-3-5-7-15;/h3-9,12,19,21H,10-11,13H2,1-2H3;1H. The molecule has 130 valence electrons. The molecule has 0 fully saturated rings. The van der Waals surface area contributed by atoms with Crippen LogP contribution in [0.4, 0.5) is 0 Å². The van der Waals surface area contributed by atoms with E-state index in [1.165, 1.54) is 0 Å². The molecule has 0 saturated carbocycles. The number of ketones is 1. The van der Waals surface area contributed by atoms with Crippen molar-refractivity contribution in [2.24, 2.45) is 0 Å². The molecule has 0 aliphatic heterocycles. The Hall–Kier alpha value is -1.39. The van der Waals surface area contributed by atoms with E-state index < -0.39 is 0 Å². The lowest BCUT2D eigenvalue weighted by Gasteiger charge is -2.14. The zero-order valence-electron chi connectivity index (χ0n) is 14.0. The molecule has 1 atom stereocenters. The minimum atomic E-state index is 0. The number of ether oxygens (including phenoxy) is 1. The van der Waals surface area contributed by atoms with Gasteiger partial charge in [-0.05, 0) is 36.2 Å². The number of aryl methyl sites for hydroxylation is 1. The van der Waals surface area contributed by atoms with Crippen LogP contribution in [0.2, 0.25) is 5.02 Å². The fourth-order valence-electron chi connectivity index (χ4n) is 2.50. The van der Waals surface area contributed by atoms with Crippen LogP contribution in [0, 0.1) is 6.92 Å². The molecule has 5 heteroatoms. The second-order valence-electron chi connectivity index (χ2n) is 5.59. The summed E-state index contributed by atoms with van der Waals surface area (Å²) < 4.78 is 5.53. The number of methoxy groups -OCH3 is 1. The van der Waals surface area contributed by atoms with Crippen LogP contribution < -0.4 is 17.7 Å². The predicted molar refractivity (Wildman–Crippen MR) is 93.0 cm³/mol. The molecule has 2 aromatic carbocycles. The van der Waals surface area contributed by atoms with Crippen LogP contribution in [0.15, 0.2) is 48.5 Å². The number of rotatable bonds is 8. The van der Waals surface area contributed by atoms with Gasteiger partial charge in [0.15, 0.2) is 5.78 Å². The number of nitrogens with two attached hydrogens (primary N) is 1. The Morgan fingerprint density at radius 1 is 1.21 bits per heavy atom. The van der Waals surface area contributed by atoms with Gasteiger partial charge in [-0.1, -0.05) is 41.9 Å². The molecule has 2 rings (SSSR count). The van der Waals surface area contributed by atoms with E-state index in [-0.39, 0.29) is 24.3 Å². The molecule has 0 bridgehead atoms. The lowest BCUT2D eigenvalue weighted by Crippen LogP contribution is -3.00. The highest BCUT2D eigenvalue weighted by Crippen LogP contribution is 2.17. The zero-order valence-corrected chi connectivity index (χ0v) is 15.5. The van der Waals surface area contributed by atoms with Crippen LogP contribution in [0.1, 0.15) is 34.0 Å². The molecule has 0 saturated heterocycles. The third kappa shape index (κ3) is 5.91. The monoisotopic (exact) mass is 367 g/mol. The summed E-state index contributed by atoms with van der Waals surface area (Å²) in [6.07, 6.45) is 0.552. The van der Waals surface area contributed by atoms with E-state index in [2.05, 4.69) is 17.4 Å². The Morgan fingerprint density at radius 2 is 1.92 bits per heavy atom. The molecule has 1 unspecified atom stereocenters. The van der Waals surface area contributed by atoms with Gasteiger partial charge < -0.3 is 22.5 Å². The first kappa shape index (κ1) is 20.7. The Labute approximate surface area is 154 Å². The van der Waals surface area contributed by atoms with Crippen LogP contribution in [0.3, 0.4) is 0 Å². The molecule has 0 spiro atoms. The fraction of sp³-hybridized carbons (Fsp3) is 0.316. The molecule has 0 aliphatic carbocycles. The van der Waals surface area contributed by atoms with Gasteiger partial charge in [0, 0.05) is 17.7 Å². The van der Waals surface area contributed by atoms with E-state index in [0.717, 1.165) is 29.8 Å². The third-order valence-corrected chi connectivity index (χ3v) is 4.32. The molecule has 3 nitrogen and oxygen atoms in total. The topological polar surface area (TPSA) is 42.9 Å². The van der Waals surface area contributed by atoms with E-state index in [0.29, 0.717) is 11.4 Å². The minimum Gasteiger partial charge on any atom is -1.00 e. The van der Waals surface area contributed by atoms with Gasteiger partial charge >= 0.3 is 0 Å². The smallest absolute Gasteiger partial charge is 0.168 e. The summed E-state index contributed by atoms with van der Waals surface area (Å²) in [5.74, 6) is 0.148. The average molecular weight is 368 g/mol. The Bertz CT molecular complexity index is 647. The van der Waals surface area contributed by atoms with Gasteiger partial charge in [0.2, 0.25) is 0 Å². The number of carbonyl (C=O) groups excluding carboxylic acids is 1. The molecular formula is C19H23Cl2NO2. The summed E-state index contributed by atoms with van der Waals surface area (Å²) in [6, 6.07) is 15.6. The molecule has 0 aromatic heterocycles. The number of halogens is 2. The number of benzene rings is 2. The lowest BCUT2D eigenvalue weighted by molar-refractivity contribution is -0.661. The molecule has 0 amide bonds. The Kier molecular flexibility index (Phi) is 9.01. The maximum absolute atomic E-state index is 12.2. The van der Waals surface area contributed by atoms with Gasteiger partial charge in [-0.25, -0.2) is 0 Å². The van der Waals surface area contributed by atoms with Crippen LogP contribution >= 0.6 is 11.6 Å². The van der Waals surface area contributed by atoms with Crippen molar-refractivity contribution in [1.82, 2.24) is 0 Å². The second kappa shape index (κ2) is 10.5. The van der Waals surface area contributed by atoms with Gasteiger partial charge in [-0.2, -0.15) is 0 Å². The van der Waals surface area contributed by atoms with Gasteiger partial charge in [0.25, 0.3) is 0 Å². The number of hydrogen-bond acceptors (Lipinski definition) is 2. The van der Waals surface area contributed by atoms with Crippen molar-refractivity contribution in [2.45, 2.75) is 19.4 Å². The molecule has 24 heavy (non-hydrogen) atoms. The number of quaternary nitrogens is 1. The SMILES string of the molecule is COC(C[NH2+]CCC(=O)c1ccc(Cl)c(C)c1)c1ccccc1.[Cl-]. The Morgan fingerprint density at radius 3 is 2.54 bits per heavy atom. The highest BCUT2D eigenvalue weighted by atomic mass is 35.5. The summed E-state index contributed by atoms with van der Waals surface area (Å²) >= 11 is 5.99. The molecule has 2 aromatic rings. The van der Waals surface area contributed by atoms with E-state index >= 15 is 0 Å². The minimum absolute atomic E-state index is 0. The van der Waals surface area contributed by atoms with Gasteiger partial charge in [-0.15, -0.1) is 0 Å². The quantitative estimate of drug-likeness (QED) is 0.534. The van der Waals surface area contributed by atoms with E-state index in [1.807, 2.05) is 31.2 Å². The fourth-order valence-corrected chi connectivity index (χ4v) is 2.62. The number of Topliss-reactive ketones (excluding diaryl/α,β-unsaturated/α-hetero) is 1. The maximum atomic E-state index is 12.2. The molecule has 0 heterocycles. The Balaban J connectivity index is 0.00000288. The lowest BCUT2D eigenvalue weighted by atomic mass is 10.1. The number of hydrogen-bond donors (Lipinski definition) is 1. The summed E-state index contributed by atoms with van der Waals surface area (Å²) in [5.41, 5.74) is 2.82. The van der Waals surface area contributed by atoms with E-state index in [9.17, 15) is 4.79 Å². The van der Waals surface area contributed by atoms with E-state index in [1.54, 1.807) is 19.2 Å². The molecule has 0 radical (unpaired) electrons. The van der Waals surface area contributed by atoms with Crippen molar-refractivity contribution in [2.75, 3.05) is 20.2 Å². The second-order valence-corrected chi connectivity index (χ2v) is 5.99. The van der Waals surface area contributed by atoms with Gasteiger partial charge in [0.05, 0.1) is 13.0 Å². The first-order valence-corrected chi connectivity index (χ1v) is 8.18. The first-order chi connectivity index (χ1) is 11.1. The number of carbonyl (C=O) groups is 1. The highest BCUT2D eigenvalue weighted by Gasteiger charge is 2.13. The first-order valence-electron chi connectivity index (χ1n) is 7.80. The third-order valence-electron chi connectivity index (χ3n) is 3.89. The average Bonchev–Trinajstić information content (AvgIpc) is 2.58. The van der Waals surface area contributed by atoms with E-state index in [4.69, 9.17) is 16.3 Å². The van der Waals surface area contributed by atoms with Crippen LogP contribution in [0.25, 0.3) is 0 Å². The van der Waals surface area contributed by atoms with Gasteiger partial charge in [-0.3, -0.25) is 4.79 Å². The zero-order chi connectivity index (χ0) is 16.7. The maximum Gasteiger partial charge on any atom is 0.168 e. The van der Waals surface area contributed by atoms with Gasteiger partial charge in [0.1, 0.15) is 12.6 Å². The van der Waals surface area contributed by atoms with Crippen LogP contribution in [0.5, 0.6) is 0 Å². The van der Waals surface area contributed by atoms with Crippen LogP contribution in [-0.4, -0.2) is 26.0 Å². The summed E-state index contributed by atoms with van der Waals surface area (Å²) in [4.78, 5) is 12.2. The summed E-state index contributed by atoms with van der Waals surface area (Å²) in [5, 5.41) is 2.82. The van der Waals surface area contributed by atoms with Crippen molar-refractivity contribution < 1.29 is 27.3 Å². The highest BCUT2D eigenvalue weighted by molar-refractivity contribution is 6.31. The van der Waals surface area contributed by atoms with Crippen molar-refractivity contribution in [3.63, 3.8) is 0 Å². The van der Waals surface area contributed by atoms with Crippen LogP contribution in [-0.2, 0) is 4.74 Å². The summed E-state index contributed by atoms with van der Waals surface area (Å²) in [6.45, 7) is 3.45.